The molecule has 0 atom stereocenters. The quantitative estimate of drug-likeness (QED) is 0.875. The Morgan fingerprint density at radius 1 is 1.12 bits per heavy atom. The first-order chi connectivity index (χ1) is 12.7. The molecule has 1 aromatic carbocycles. The van der Waals surface area contributed by atoms with E-state index in [1.54, 1.807) is 14.2 Å². The van der Waals surface area contributed by atoms with Gasteiger partial charge >= 0.3 is 6.03 Å². The Kier molecular flexibility index (Phi) is 6.25. The van der Waals surface area contributed by atoms with Gasteiger partial charge in [0, 0.05) is 25.0 Å². The van der Waals surface area contributed by atoms with Crippen LogP contribution in [0.2, 0.25) is 0 Å². The first-order valence-corrected chi connectivity index (χ1v) is 9.51. The number of hydrogen-bond donors (Lipinski definition) is 1. The molecule has 2 amide bonds. The summed E-state index contributed by atoms with van der Waals surface area (Å²) in [7, 11) is 3.31. The van der Waals surface area contributed by atoms with Crippen LogP contribution in [0, 0.1) is 0 Å². The van der Waals surface area contributed by atoms with E-state index >= 15 is 0 Å². The summed E-state index contributed by atoms with van der Waals surface area (Å²) in [6, 6.07) is 6.17. The second kappa shape index (κ2) is 8.62. The topological polar surface area (TPSA) is 60.0 Å². The number of urea groups is 1. The van der Waals surface area contributed by atoms with Crippen LogP contribution >= 0.6 is 0 Å². The van der Waals surface area contributed by atoms with E-state index in [2.05, 4.69) is 17.4 Å². The summed E-state index contributed by atoms with van der Waals surface area (Å²) < 4.78 is 16.2. The van der Waals surface area contributed by atoms with E-state index in [1.165, 1.54) is 24.8 Å². The zero-order chi connectivity index (χ0) is 18.4. The van der Waals surface area contributed by atoms with Crippen LogP contribution in [0.4, 0.5) is 4.79 Å². The highest BCUT2D eigenvalue weighted by atomic mass is 16.5. The largest absolute Gasteiger partial charge is 0.493 e. The monoisotopic (exact) mass is 362 g/mol. The molecule has 3 rings (SSSR count). The highest BCUT2D eigenvalue weighted by Gasteiger charge is 2.35. The molecule has 2 fully saturated rings. The number of carbonyl (C=O) groups excluding carboxylic acids is 1. The highest BCUT2D eigenvalue weighted by Crippen LogP contribution is 2.42. The molecular weight excluding hydrogens is 332 g/mol. The van der Waals surface area contributed by atoms with E-state index in [0.29, 0.717) is 32.8 Å². The molecule has 26 heavy (non-hydrogen) atoms. The third-order valence-corrected chi connectivity index (χ3v) is 5.68. The number of rotatable bonds is 5. The molecule has 0 unspecified atom stereocenters. The van der Waals surface area contributed by atoms with E-state index in [9.17, 15) is 4.79 Å². The molecule has 1 aliphatic carbocycles. The first-order valence-electron chi connectivity index (χ1n) is 9.51. The van der Waals surface area contributed by atoms with Gasteiger partial charge in [0.25, 0.3) is 0 Å². The molecule has 0 bridgehead atoms. The van der Waals surface area contributed by atoms with Crippen molar-refractivity contribution in [3.05, 3.63) is 23.8 Å². The molecule has 0 aromatic heterocycles. The number of carbonyl (C=O) groups is 1. The number of nitrogens with one attached hydrogen (secondary N) is 1. The molecular formula is C20H30N2O4. The maximum Gasteiger partial charge on any atom is 0.317 e. The Morgan fingerprint density at radius 2 is 1.81 bits per heavy atom. The molecule has 1 saturated heterocycles. The summed E-state index contributed by atoms with van der Waals surface area (Å²) in [4.78, 5) is 14.4. The third kappa shape index (κ3) is 4.06. The van der Waals surface area contributed by atoms with Crippen molar-refractivity contribution in [3.63, 3.8) is 0 Å². The minimum absolute atomic E-state index is 0.0127. The summed E-state index contributed by atoms with van der Waals surface area (Å²) in [5, 5.41) is 3.19. The number of methoxy groups -OCH3 is 2. The molecule has 1 N–H and O–H groups in total. The van der Waals surface area contributed by atoms with Crippen molar-refractivity contribution in [2.24, 2.45) is 0 Å². The van der Waals surface area contributed by atoms with Gasteiger partial charge in [0.1, 0.15) is 0 Å². The molecule has 1 heterocycles. The van der Waals surface area contributed by atoms with Gasteiger partial charge in [0.15, 0.2) is 11.5 Å². The maximum atomic E-state index is 12.6. The zero-order valence-corrected chi connectivity index (χ0v) is 15.9. The fourth-order valence-corrected chi connectivity index (χ4v) is 4.09. The molecule has 0 radical (unpaired) electrons. The molecule has 144 valence electrons. The lowest BCUT2D eigenvalue weighted by molar-refractivity contribution is 0.0526. The fourth-order valence-electron chi connectivity index (χ4n) is 4.09. The van der Waals surface area contributed by atoms with Crippen LogP contribution in [0.25, 0.3) is 0 Å². The van der Waals surface area contributed by atoms with E-state index < -0.39 is 0 Å². The lowest BCUT2D eigenvalue weighted by atomic mass is 9.69. The number of ether oxygens (including phenoxy) is 3. The Hall–Kier alpha value is -1.95. The lowest BCUT2D eigenvalue weighted by Crippen LogP contribution is -2.50. The van der Waals surface area contributed by atoms with Crippen molar-refractivity contribution >= 4 is 6.03 Å². The molecule has 6 heteroatoms. The average Bonchev–Trinajstić information content (AvgIpc) is 2.72. The lowest BCUT2D eigenvalue weighted by Gasteiger charge is -2.39. The Labute approximate surface area is 155 Å². The maximum absolute atomic E-state index is 12.6. The molecule has 1 aromatic rings. The van der Waals surface area contributed by atoms with Crippen LogP contribution in [0.5, 0.6) is 11.5 Å². The Morgan fingerprint density at radius 3 is 2.46 bits per heavy atom. The Balaban J connectivity index is 1.77. The number of amides is 2. The number of hydrogen-bond acceptors (Lipinski definition) is 4. The smallest absolute Gasteiger partial charge is 0.317 e. The summed E-state index contributed by atoms with van der Waals surface area (Å²) in [6.45, 7) is 3.21. The van der Waals surface area contributed by atoms with Gasteiger partial charge in [-0.3, -0.25) is 0 Å². The number of morpholine rings is 1. The number of nitrogens with zero attached hydrogens (tertiary/aromatic N) is 1. The van der Waals surface area contributed by atoms with Crippen LogP contribution in [0.1, 0.15) is 37.7 Å². The van der Waals surface area contributed by atoms with Crippen molar-refractivity contribution in [1.29, 1.82) is 0 Å². The van der Waals surface area contributed by atoms with Gasteiger partial charge in [0.05, 0.1) is 27.4 Å². The van der Waals surface area contributed by atoms with E-state index in [-0.39, 0.29) is 11.4 Å². The summed E-state index contributed by atoms with van der Waals surface area (Å²) >= 11 is 0. The van der Waals surface area contributed by atoms with E-state index in [0.717, 1.165) is 24.3 Å². The molecule has 1 saturated carbocycles. The van der Waals surface area contributed by atoms with Crippen LogP contribution in [0.15, 0.2) is 18.2 Å². The standard InChI is InChI=1S/C20H30N2O4/c1-24-17-7-6-16(14-18(17)25-2)20(8-4-3-5-9-20)15-21-19(23)22-10-12-26-13-11-22/h6-7,14H,3-5,8-13,15H2,1-2H3,(H,21,23). The average molecular weight is 362 g/mol. The summed E-state index contributed by atoms with van der Waals surface area (Å²) in [5.41, 5.74) is 1.18. The normalized spacial score (nSPS) is 19.7. The fraction of sp³-hybridized carbons (Fsp3) is 0.650. The predicted octanol–water partition coefficient (Wildman–Crippen LogP) is 2.95. The Bertz CT molecular complexity index is 608. The minimum atomic E-state index is -0.0419. The van der Waals surface area contributed by atoms with Gasteiger partial charge in [-0.15, -0.1) is 0 Å². The van der Waals surface area contributed by atoms with Crippen molar-refractivity contribution < 1.29 is 19.0 Å². The van der Waals surface area contributed by atoms with Crippen molar-refractivity contribution in [2.45, 2.75) is 37.5 Å². The van der Waals surface area contributed by atoms with Crippen molar-refractivity contribution in [3.8, 4) is 11.5 Å². The minimum Gasteiger partial charge on any atom is -0.493 e. The second-order valence-electron chi connectivity index (χ2n) is 7.17. The van der Waals surface area contributed by atoms with Gasteiger partial charge in [0.2, 0.25) is 0 Å². The third-order valence-electron chi connectivity index (χ3n) is 5.68. The zero-order valence-electron chi connectivity index (χ0n) is 15.9. The molecule has 2 aliphatic rings. The van der Waals surface area contributed by atoms with Gasteiger partial charge in [-0.25, -0.2) is 4.79 Å². The van der Waals surface area contributed by atoms with Crippen LogP contribution in [-0.2, 0) is 10.2 Å². The molecule has 6 nitrogen and oxygen atoms in total. The van der Waals surface area contributed by atoms with Gasteiger partial charge < -0.3 is 24.4 Å². The van der Waals surface area contributed by atoms with Crippen LogP contribution in [0.3, 0.4) is 0 Å². The highest BCUT2D eigenvalue weighted by molar-refractivity contribution is 5.74. The summed E-state index contributed by atoms with van der Waals surface area (Å²) in [6.07, 6.45) is 5.77. The van der Waals surface area contributed by atoms with E-state index in [4.69, 9.17) is 14.2 Å². The van der Waals surface area contributed by atoms with Crippen molar-refractivity contribution in [2.75, 3.05) is 47.1 Å². The van der Waals surface area contributed by atoms with Gasteiger partial charge in [-0.1, -0.05) is 25.3 Å². The molecule has 1 aliphatic heterocycles. The van der Waals surface area contributed by atoms with Gasteiger partial charge in [-0.05, 0) is 30.5 Å². The first kappa shape index (κ1) is 18.8. The van der Waals surface area contributed by atoms with Crippen LogP contribution in [-0.4, -0.2) is 58.0 Å². The number of benzene rings is 1. The van der Waals surface area contributed by atoms with Crippen LogP contribution < -0.4 is 14.8 Å². The predicted molar refractivity (Wildman–Crippen MR) is 100 cm³/mol. The van der Waals surface area contributed by atoms with E-state index in [1.807, 2.05) is 11.0 Å². The summed E-state index contributed by atoms with van der Waals surface area (Å²) in [5.74, 6) is 1.48. The second-order valence-corrected chi connectivity index (χ2v) is 7.17. The van der Waals surface area contributed by atoms with Gasteiger partial charge in [-0.2, -0.15) is 0 Å². The SMILES string of the molecule is COc1ccc(C2(CNC(=O)N3CCOCC3)CCCCC2)cc1OC. The molecule has 0 spiro atoms. The van der Waals surface area contributed by atoms with Crippen molar-refractivity contribution in [1.82, 2.24) is 10.2 Å².